The van der Waals surface area contributed by atoms with Crippen LogP contribution in [0.5, 0.6) is 0 Å². The Kier molecular flexibility index (Phi) is 5.69. The summed E-state index contributed by atoms with van der Waals surface area (Å²) < 4.78 is 4.88. The molecule has 0 aromatic heterocycles. The minimum atomic E-state index is -0.281. The van der Waals surface area contributed by atoms with Gasteiger partial charge in [-0.15, -0.1) is 0 Å². The van der Waals surface area contributed by atoms with Crippen LogP contribution in [0.3, 0.4) is 0 Å². The SMILES string of the molecule is CCCC(C)C(Nc1cccc(C)c1)C(=O)OC. The molecule has 0 saturated heterocycles. The summed E-state index contributed by atoms with van der Waals surface area (Å²) in [5, 5.41) is 3.28. The van der Waals surface area contributed by atoms with E-state index in [1.54, 1.807) is 0 Å². The monoisotopic (exact) mass is 249 g/mol. The van der Waals surface area contributed by atoms with E-state index >= 15 is 0 Å². The van der Waals surface area contributed by atoms with Crippen LogP contribution in [0.25, 0.3) is 0 Å². The van der Waals surface area contributed by atoms with Gasteiger partial charge in [0.2, 0.25) is 0 Å². The third-order valence-corrected chi connectivity index (χ3v) is 3.11. The molecule has 0 amide bonds. The molecule has 0 spiro atoms. The van der Waals surface area contributed by atoms with Gasteiger partial charge in [-0.2, -0.15) is 0 Å². The van der Waals surface area contributed by atoms with Gasteiger partial charge in [0.05, 0.1) is 7.11 Å². The van der Waals surface area contributed by atoms with E-state index in [1.165, 1.54) is 12.7 Å². The quantitative estimate of drug-likeness (QED) is 0.785. The Morgan fingerprint density at radius 2 is 2.17 bits per heavy atom. The smallest absolute Gasteiger partial charge is 0.328 e. The summed E-state index contributed by atoms with van der Waals surface area (Å²) in [5.41, 5.74) is 2.14. The molecule has 3 nitrogen and oxygen atoms in total. The highest BCUT2D eigenvalue weighted by Gasteiger charge is 2.25. The van der Waals surface area contributed by atoms with Crippen molar-refractivity contribution < 1.29 is 9.53 Å². The van der Waals surface area contributed by atoms with Gasteiger partial charge in [-0.1, -0.05) is 32.4 Å². The number of benzene rings is 1. The zero-order valence-corrected chi connectivity index (χ0v) is 11.7. The molecule has 0 aliphatic heterocycles. The van der Waals surface area contributed by atoms with Crippen molar-refractivity contribution in [1.29, 1.82) is 0 Å². The highest BCUT2D eigenvalue weighted by Crippen LogP contribution is 2.18. The molecule has 0 fully saturated rings. The fourth-order valence-corrected chi connectivity index (χ4v) is 2.10. The zero-order valence-electron chi connectivity index (χ0n) is 11.7. The third kappa shape index (κ3) is 4.06. The number of carbonyl (C=O) groups is 1. The van der Waals surface area contributed by atoms with Gasteiger partial charge in [0.1, 0.15) is 6.04 Å². The highest BCUT2D eigenvalue weighted by atomic mass is 16.5. The number of carbonyl (C=O) groups excluding carboxylic acids is 1. The summed E-state index contributed by atoms with van der Waals surface area (Å²) in [7, 11) is 1.44. The standard InChI is InChI=1S/C15H23NO2/c1-5-7-12(3)14(15(17)18-4)16-13-9-6-8-11(2)10-13/h6,8-10,12,14,16H,5,7H2,1-4H3. The summed E-state index contributed by atoms with van der Waals surface area (Å²) in [6.45, 7) is 6.24. The number of esters is 1. The van der Waals surface area contributed by atoms with Crippen molar-refractivity contribution in [2.24, 2.45) is 5.92 Å². The Morgan fingerprint density at radius 1 is 1.44 bits per heavy atom. The number of hydrogen-bond acceptors (Lipinski definition) is 3. The predicted octanol–water partition coefficient (Wildman–Crippen LogP) is 3.38. The molecular weight excluding hydrogens is 226 g/mol. The molecule has 0 bridgehead atoms. The number of hydrogen-bond donors (Lipinski definition) is 1. The predicted molar refractivity (Wildman–Crippen MR) is 74.7 cm³/mol. The summed E-state index contributed by atoms with van der Waals surface area (Å²) in [6, 6.07) is 7.75. The fraction of sp³-hybridized carbons (Fsp3) is 0.533. The van der Waals surface area contributed by atoms with Crippen molar-refractivity contribution in [3.63, 3.8) is 0 Å². The summed E-state index contributed by atoms with van der Waals surface area (Å²) in [6.07, 6.45) is 2.06. The molecule has 1 N–H and O–H groups in total. The first kappa shape index (κ1) is 14.6. The van der Waals surface area contributed by atoms with Crippen LogP contribution in [-0.4, -0.2) is 19.1 Å². The van der Waals surface area contributed by atoms with Crippen LogP contribution in [-0.2, 0) is 9.53 Å². The van der Waals surface area contributed by atoms with Gasteiger partial charge >= 0.3 is 5.97 Å². The highest BCUT2D eigenvalue weighted by molar-refractivity contribution is 5.79. The minimum Gasteiger partial charge on any atom is -0.467 e. The maximum Gasteiger partial charge on any atom is 0.328 e. The molecule has 0 aliphatic rings. The van der Waals surface area contributed by atoms with E-state index in [0.717, 1.165) is 18.5 Å². The van der Waals surface area contributed by atoms with E-state index in [2.05, 4.69) is 19.2 Å². The van der Waals surface area contributed by atoms with Crippen LogP contribution >= 0.6 is 0 Å². The molecule has 1 rings (SSSR count). The Morgan fingerprint density at radius 3 is 2.72 bits per heavy atom. The van der Waals surface area contributed by atoms with Crippen LogP contribution in [0.2, 0.25) is 0 Å². The number of aryl methyl sites for hydroxylation is 1. The molecule has 0 radical (unpaired) electrons. The average molecular weight is 249 g/mol. The molecule has 100 valence electrons. The fourth-order valence-electron chi connectivity index (χ4n) is 2.10. The molecule has 1 aromatic rings. The Labute approximate surface area is 110 Å². The van der Waals surface area contributed by atoms with Crippen molar-refractivity contribution in [1.82, 2.24) is 0 Å². The molecule has 3 heteroatoms. The maximum absolute atomic E-state index is 11.8. The Bertz CT molecular complexity index is 390. The van der Waals surface area contributed by atoms with Gasteiger partial charge < -0.3 is 10.1 Å². The number of rotatable bonds is 6. The van der Waals surface area contributed by atoms with Crippen LogP contribution in [0, 0.1) is 12.8 Å². The minimum absolute atomic E-state index is 0.197. The second-order valence-electron chi connectivity index (χ2n) is 4.78. The van der Waals surface area contributed by atoms with E-state index in [0.29, 0.717) is 0 Å². The maximum atomic E-state index is 11.8. The van der Waals surface area contributed by atoms with Gasteiger partial charge in [0.15, 0.2) is 0 Å². The van der Waals surface area contributed by atoms with E-state index in [9.17, 15) is 4.79 Å². The first-order chi connectivity index (χ1) is 8.58. The molecular formula is C15H23NO2. The normalized spacial score (nSPS) is 13.8. The van der Waals surface area contributed by atoms with Gasteiger partial charge in [-0.25, -0.2) is 4.79 Å². The lowest BCUT2D eigenvalue weighted by Crippen LogP contribution is -2.36. The lowest BCUT2D eigenvalue weighted by atomic mass is 9.96. The van der Waals surface area contributed by atoms with Crippen molar-refractivity contribution in [3.05, 3.63) is 29.8 Å². The topological polar surface area (TPSA) is 38.3 Å². The summed E-state index contributed by atoms with van der Waals surface area (Å²) >= 11 is 0. The zero-order chi connectivity index (χ0) is 13.5. The molecule has 2 atom stereocenters. The lowest BCUT2D eigenvalue weighted by Gasteiger charge is -2.23. The number of methoxy groups -OCH3 is 1. The van der Waals surface area contributed by atoms with E-state index in [1.807, 2.05) is 31.2 Å². The number of anilines is 1. The average Bonchev–Trinajstić information content (AvgIpc) is 2.35. The molecule has 1 aromatic carbocycles. The Balaban J connectivity index is 2.81. The molecule has 18 heavy (non-hydrogen) atoms. The number of nitrogens with one attached hydrogen (secondary N) is 1. The second-order valence-corrected chi connectivity index (χ2v) is 4.78. The Hall–Kier alpha value is -1.51. The lowest BCUT2D eigenvalue weighted by molar-refractivity contribution is -0.142. The first-order valence-electron chi connectivity index (χ1n) is 6.49. The molecule has 0 heterocycles. The summed E-state index contributed by atoms with van der Waals surface area (Å²) in [5.74, 6) is 0.0559. The van der Waals surface area contributed by atoms with Crippen molar-refractivity contribution in [2.75, 3.05) is 12.4 Å². The van der Waals surface area contributed by atoms with Crippen LogP contribution in [0.4, 0.5) is 5.69 Å². The molecule has 2 unspecified atom stereocenters. The molecule has 0 aliphatic carbocycles. The van der Waals surface area contributed by atoms with Gasteiger partial charge in [-0.3, -0.25) is 0 Å². The van der Waals surface area contributed by atoms with Crippen LogP contribution in [0.15, 0.2) is 24.3 Å². The summed E-state index contributed by atoms with van der Waals surface area (Å²) in [4.78, 5) is 11.8. The van der Waals surface area contributed by atoms with Crippen molar-refractivity contribution in [2.45, 2.75) is 39.7 Å². The van der Waals surface area contributed by atoms with Gasteiger partial charge in [0.25, 0.3) is 0 Å². The van der Waals surface area contributed by atoms with E-state index in [4.69, 9.17) is 4.74 Å². The third-order valence-electron chi connectivity index (χ3n) is 3.11. The van der Waals surface area contributed by atoms with Crippen LogP contribution in [0.1, 0.15) is 32.3 Å². The van der Waals surface area contributed by atoms with Crippen molar-refractivity contribution >= 4 is 11.7 Å². The van der Waals surface area contributed by atoms with Crippen LogP contribution < -0.4 is 5.32 Å². The van der Waals surface area contributed by atoms with Gasteiger partial charge in [0, 0.05) is 5.69 Å². The largest absolute Gasteiger partial charge is 0.467 e. The van der Waals surface area contributed by atoms with E-state index < -0.39 is 0 Å². The number of ether oxygens (including phenoxy) is 1. The van der Waals surface area contributed by atoms with Crippen molar-refractivity contribution in [3.8, 4) is 0 Å². The van der Waals surface area contributed by atoms with Gasteiger partial charge in [-0.05, 0) is 37.0 Å². The first-order valence-corrected chi connectivity index (χ1v) is 6.49. The van der Waals surface area contributed by atoms with E-state index in [-0.39, 0.29) is 17.9 Å². The second kappa shape index (κ2) is 7.04. The molecule has 0 saturated carbocycles.